The van der Waals surface area contributed by atoms with Gasteiger partial charge in [0, 0.05) is 5.54 Å². The molecule has 0 spiro atoms. The Morgan fingerprint density at radius 3 is 1.43 bits per heavy atom. The highest BCUT2D eigenvalue weighted by molar-refractivity contribution is 7.16. The van der Waals surface area contributed by atoms with Crippen molar-refractivity contribution in [2.24, 2.45) is 0 Å². The molecule has 1 radical (unpaired) electrons. The number of unbranched alkanes of at least 4 members (excludes halogenated alkanes) is 1. The quantitative estimate of drug-likeness (QED) is 0.192. The molecule has 1 heteroatoms. The maximum Gasteiger partial charge on any atom is 0.163 e. The maximum absolute atomic E-state index is 2.57. The fraction of sp³-hybridized carbons (Fsp3) is 0.361. The summed E-state index contributed by atoms with van der Waals surface area (Å²) in [5, 5.41) is 4.51. The Morgan fingerprint density at radius 2 is 1.05 bits per heavy atom. The van der Waals surface area contributed by atoms with Crippen molar-refractivity contribution in [3.63, 3.8) is 0 Å². The molecular weight excluding hydrogens is 460 g/mol. The highest BCUT2D eigenvalue weighted by Gasteiger charge is 2.48. The molecular formula is C36H45Si. The first-order chi connectivity index (χ1) is 17.8. The second kappa shape index (κ2) is 11.8. The molecule has 0 saturated heterocycles. The molecule has 0 aliphatic heterocycles. The van der Waals surface area contributed by atoms with Crippen LogP contribution in [0.15, 0.2) is 96.6 Å². The van der Waals surface area contributed by atoms with Crippen LogP contribution in [0.3, 0.4) is 0 Å². The summed E-state index contributed by atoms with van der Waals surface area (Å²) < 4.78 is 0. The van der Waals surface area contributed by atoms with Gasteiger partial charge < -0.3 is 0 Å². The van der Waals surface area contributed by atoms with Crippen molar-refractivity contribution < 1.29 is 0 Å². The van der Waals surface area contributed by atoms with Gasteiger partial charge in [-0.2, -0.15) is 0 Å². The lowest BCUT2D eigenvalue weighted by Crippen LogP contribution is -2.71. The molecule has 0 fully saturated rings. The first-order valence-corrected chi connectivity index (χ1v) is 16.3. The molecule has 0 N–H and O–H groups in total. The summed E-state index contributed by atoms with van der Waals surface area (Å²) >= 11 is 0. The standard InChI is InChI=1S/C36H45Si/c1-8-9-14-29-15-13-22-36(29)37(33-19-10-16-30(23-33)26(2)3,34-20-11-17-31(24-34)27(4)5)35-21-12-18-32(25-35)28(6)7/h10-13,15-28H,8-9,14H2,1-7H3. The second-order valence-corrected chi connectivity index (χ2v) is 15.4. The zero-order chi connectivity index (χ0) is 26.6. The monoisotopic (exact) mass is 505 g/mol. The van der Waals surface area contributed by atoms with Gasteiger partial charge >= 0.3 is 0 Å². The van der Waals surface area contributed by atoms with E-state index in [0.717, 1.165) is 6.42 Å². The Morgan fingerprint density at radius 1 is 0.622 bits per heavy atom. The Kier molecular flexibility index (Phi) is 8.75. The van der Waals surface area contributed by atoms with E-state index in [1.807, 2.05) is 0 Å². The third-order valence-electron chi connectivity index (χ3n) is 8.07. The van der Waals surface area contributed by atoms with E-state index in [0.29, 0.717) is 17.8 Å². The molecule has 0 nitrogen and oxygen atoms in total. The minimum atomic E-state index is -2.57. The number of benzene rings is 3. The molecule has 0 amide bonds. The average molecular weight is 506 g/mol. The summed E-state index contributed by atoms with van der Waals surface area (Å²) in [4.78, 5) is 0. The largest absolute Gasteiger partial charge is 0.163 e. The van der Waals surface area contributed by atoms with Gasteiger partial charge in [0.15, 0.2) is 8.07 Å². The van der Waals surface area contributed by atoms with Crippen LogP contribution in [-0.2, 0) is 0 Å². The van der Waals surface area contributed by atoms with E-state index < -0.39 is 8.07 Å². The molecule has 0 bridgehead atoms. The third-order valence-corrected chi connectivity index (χ3v) is 12.9. The summed E-state index contributed by atoms with van der Waals surface area (Å²) in [6.45, 7) is 16.2. The second-order valence-electron chi connectivity index (χ2n) is 11.7. The zero-order valence-corrected chi connectivity index (χ0v) is 25.0. The molecule has 3 aromatic carbocycles. The van der Waals surface area contributed by atoms with Crippen LogP contribution < -0.4 is 15.6 Å². The Bertz CT molecular complexity index is 1130. The van der Waals surface area contributed by atoms with Gasteiger partial charge in [-0.1, -0.05) is 151 Å². The van der Waals surface area contributed by atoms with Gasteiger partial charge in [-0.15, -0.1) is 0 Å². The maximum atomic E-state index is 2.54. The summed E-state index contributed by atoms with van der Waals surface area (Å²) in [5.74, 6) is 1.49. The van der Waals surface area contributed by atoms with Gasteiger partial charge in [-0.3, -0.25) is 0 Å². The fourth-order valence-corrected chi connectivity index (χ4v) is 10.9. The van der Waals surface area contributed by atoms with Gasteiger partial charge in [0.05, 0.1) is 0 Å². The van der Waals surface area contributed by atoms with Crippen LogP contribution in [0.1, 0.15) is 102 Å². The van der Waals surface area contributed by atoms with Crippen LogP contribution in [-0.4, -0.2) is 8.07 Å². The minimum Gasteiger partial charge on any atom is -0.0750 e. The van der Waals surface area contributed by atoms with Crippen LogP contribution in [0.5, 0.6) is 0 Å². The topological polar surface area (TPSA) is 0 Å². The van der Waals surface area contributed by atoms with Gasteiger partial charge in [-0.05, 0) is 62.8 Å². The Hall–Kier alpha value is -2.64. The van der Waals surface area contributed by atoms with E-state index in [-0.39, 0.29) is 0 Å². The van der Waals surface area contributed by atoms with Crippen LogP contribution in [0.4, 0.5) is 0 Å². The fourth-order valence-electron chi connectivity index (χ4n) is 5.77. The molecule has 0 aromatic heterocycles. The van der Waals surface area contributed by atoms with Crippen molar-refractivity contribution in [3.8, 4) is 0 Å². The molecule has 0 saturated carbocycles. The minimum absolute atomic E-state index is 0.495. The number of rotatable bonds is 10. The highest BCUT2D eigenvalue weighted by Crippen LogP contribution is 2.35. The molecule has 0 heterocycles. The predicted molar refractivity (Wildman–Crippen MR) is 166 cm³/mol. The van der Waals surface area contributed by atoms with E-state index >= 15 is 0 Å². The van der Waals surface area contributed by atoms with Crippen molar-refractivity contribution in [3.05, 3.63) is 119 Å². The lowest BCUT2D eigenvalue weighted by molar-refractivity contribution is 0.791. The molecule has 3 aromatic rings. The van der Waals surface area contributed by atoms with Gasteiger partial charge in [0.25, 0.3) is 0 Å². The Balaban J connectivity index is 2.11. The summed E-state index contributed by atoms with van der Waals surface area (Å²) in [6.07, 6.45) is 10.8. The van der Waals surface area contributed by atoms with Crippen molar-refractivity contribution in [1.82, 2.24) is 0 Å². The van der Waals surface area contributed by atoms with Crippen LogP contribution in [0, 0.1) is 5.54 Å². The highest BCUT2D eigenvalue weighted by atomic mass is 28.3. The molecule has 193 valence electrons. The molecule has 4 rings (SSSR count). The lowest BCUT2D eigenvalue weighted by atomic mass is 10.0. The van der Waals surface area contributed by atoms with E-state index in [2.05, 4.69) is 139 Å². The predicted octanol–water partition coefficient (Wildman–Crippen LogP) is 8.33. The lowest BCUT2D eigenvalue weighted by Gasteiger charge is -2.40. The van der Waals surface area contributed by atoms with Gasteiger partial charge in [0.1, 0.15) is 0 Å². The van der Waals surface area contributed by atoms with Crippen molar-refractivity contribution in [2.75, 3.05) is 0 Å². The number of hydrogen-bond donors (Lipinski definition) is 0. The van der Waals surface area contributed by atoms with E-state index in [1.165, 1.54) is 50.7 Å². The third kappa shape index (κ3) is 5.48. The van der Waals surface area contributed by atoms with Crippen LogP contribution in [0.2, 0.25) is 0 Å². The van der Waals surface area contributed by atoms with Crippen molar-refractivity contribution in [1.29, 1.82) is 0 Å². The smallest absolute Gasteiger partial charge is 0.0750 e. The van der Waals surface area contributed by atoms with E-state index in [4.69, 9.17) is 0 Å². The summed E-state index contributed by atoms with van der Waals surface area (Å²) in [5.41, 5.74) is 7.39. The Labute approximate surface area is 227 Å². The molecule has 0 atom stereocenters. The van der Waals surface area contributed by atoms with Gasteiger partial charge in [-0.25, -0.2) is 0 Å². The van der Waals surface area contributed by atoms with Crippen molar-refractivity contribution >= 4 is 23.6 Å². The molecule has 1 aliphatic rings. The summed E-state index contributed by atoms with van der Waals surface area (Å²) in [7, 11) is -2.57. The molecule has 37 heavy (non-hydrogen) atoms. The van der Waals surface area contributed by atoms with E-state index in [9.17, 15) is 0 Å². The van der Waals surface area contributed by atoms with Crippen molar-refractivity contribution in [2.45, 2.75) is 85.5 Å². The number of hydrogen-bond acceptors (Lipinski definition) is 0. The van der Waals surface area contributed by atoms with Crippen LogP contribution in [0.25, 0.3) is 0 Å². The molecule has 1 aliphatic carbocycles. The number of allylic oxidation sites excluding steroid dienone is 4. The molecule has 0 unspecified atom stereocenters. The summed E-state index contributed by atoms with van der Waals surface area (Å²) in [6, 6.07) is 28.8. The first kappa shape index (κ1) is 27.4. The van der Waals surface area contributed by atoms with Crippen LogP contribution >= 0.6 is 0 Å². The SMILES string of the molecule is CCCCC1=CC=C[C]1[Si](c1cccc(C(C)C)c1)(c1cccc(C(C)C)c1)c1cccc(C(C)C)c1. The average Bonchev–Trinajstić information content (AvgIpc) is 3.37. The zero-order valence-electron chi connectivity index (χ0n) is 24.0. The normalized spacial score (nSPS) is 14.3. The first-order valence-electron chi connectivity index (χ1n) is 14.3. The van der Waals surface area contributed by atoms with Gasteiger partial charge in [0.2, 0.25) is 0 Å². The van der Waals surface area contributed by atoms with E-state index in [1.54, 1.807) is 5.54 Å².